The molecule has 0 radical (unpaired) electrons. The third-order valence-electron chi connectivity index (χ3n) is 4.97. The number of hydrogen-bond acceptors (Lipinski definition) is 3. The van der Waals surface area contributed by atoms with E-state index in [2.05, 4.69) is 0 Å². The van der Waals surface area contributed by atoms with Gasteiger partial charge in [-0.25, -0.2) is 8.78 Å². The van der Waals surface area contributed by atoms with Crippen LogP contribution in [0.25, 0.3) is 0 Å². The van der Waals surface area contributed by atoms with E-state index in [0.29, 0.717) is 0 Å². The molecule has 0 saturated heterocycles. The van der Waals surface area contributed by atoms with Crippen molar-refractivity contribution in [2.45, 2.75) is 32.6 Å². The van der Waals surface area contributed by atoms with Gasteiger partial charge in [0.2, 0.25) is 11.6 Å². The van der Waals surface area contributed by atoms with E-state index < -0.39 is 51.6 Å². The monoisotopic (exact) mass is 330 g/mol. The van der Waals surface area contributed by atoms with Gasteiger partial charge in [0, 0.05) is 5.41 Å². The Balaban J connectivity index is 1.94. The molecule has 0 aliphatic heterocycles. The number of phenols is 1. The maximum Gasteiger partial charge on any atom is 0.324 e. The number of esters is 1. The lowest BCUT2D eigenvalue weighted by molar-refractivity contribution is -0.150. The third-order valence-corrected chi connectivity index (χ3v) is 4.97. The molecule has 0 unspecified atom stereocenters. The van der Waals surface area contributed by atoms with E-state index in [1.165, 1.54) is 0 Å². The number of allylic oxidation sites excluding steroid dienone is 1. The van der Waals surface area contributed by atoms with Gasteiger partial charge in [0.1, 0.15) is 17.1 Å². The lowest BCUT2D eigenvalue weighted by atomic mass is 9.57. The molecule has 3 aliphatic rings. The maximum atomic E-state index is 14.4. The molecule has 0 spiro atoms. The number of ether oxygens (including phenoxy) is 1. The molecule has 2 bridgehead atoms. The summed E-state index contributed by atoms with van der Waals surface area (Å²) in [6, 6.07) is 1.67. The van der Waals surface area contributed by atoms with E-state index in [4.69, 9.17) is 9.84 Å². The zero-order valence-corrected chi connectivity index (χ0v) is 12.3. The zero-order valence-electron chi connectivity index (χ0n) is 12.3. The Labute approximate surface area is 129 Å². The quantitative estimate of drug-likeness (QED) is 0.499. The Hall–Kier alpha value is -2.05. The summed E-state index contributed by atoms with van der Waals surface area (Å²) in [6.07, 6.45) is 0.634. The molecule has 0 heterocycles. The minimum atomic E-state index is -1.79. The second-order valence-electron chi connectivity index (χ2n) is 6.37. The van der Waals surface area contributed by atoms with Crippen molar-refractivity contribution >= 4 is 5.97 Å². The van der Waals surface area contributed by atoms with Crippen molar-refractivity contribution in [3.63, 3.8) is 0 Å². The largest absolute Gasteiger partial charge is 0.505 e. The van der Waals surface area contributed by atoms with Gasteiger partial charge < -0.3 is 9.84 Å². The molecule has 0 aromatic heterocycles. The number of rotatable bonds is 2. The van der Waals surface area contributed by atoms with E-state index >= 15 is 0 Å². The SMILES string of the molecule is CC12CCC(C(=O)Oc3ccc(O)c(F)c3F)(CC1)C(F)=C2F. The first-order valence-corrected chi connectivity index (χ1v) is 7.17. The van der Waals surface area contributed by atoms with Crippen molar-refractivity contribution in [2.75, 3.05) is 0 Å². The summed E-state index contributed by atoms with van der Waals surface area (Å²) in [4.78, 5) is 12.3. The van der Waals surface area contributed by atoms with Crippen molar-refractivity contribution in [3.8, 4) is 11.5 Å². The fourth-order valence-electron chi connectivity index (χ4n) is 3.23. The highest BCUT2D eigenvalue weighted by atomic mass is 19.2. The number of aromatic hydroxyl groups is 1. The van der Waals surface area contributed by atoms with Crippen molar-refractivity contribution < 1.29 is 32.2 Å². The normalized spacial score (nSPS) is 29.8. The summed E-state index contributed by atoms with van der Waals surface area (Å²) in [6.45, 7) is 1.59. The molecule has 23 heavy (non-hydrogen) atoms. The molecule has 1 saturated carbocycles. The molecule has 1 aromatic carbocycles. The topological polar surface area (TPSA) is 46.5 Å². The molecule has 3 nitrogen and oxygen atoms in total. The average molecular weight is 330 g/mol. The second-order valence-corrected chi connectivity index (χ2v) is 6.37. The average Bonchev–Trinajstić information content (AvgIpc) is 2.53. The number of halogens is 4. The highest BCUT2D eigenvalue weighted by Crippen LogP contribution is 2.60. The highest BCUT2D eigenvalue weighted by molar-refractivity contribution is 5.83. The summed E-state index contributed by atoms with van der Waals surface area (Å²) in [5.74, 6) is -8.15. The molecule has 7 heteroatoms. The minimum absolute atomic E-state index is 0.0454. The summed E-state index contributed by atoms with van der Waals surface area (Å²) in [5, 5.41) is 9.04. The Morgan fingerprint density at radius 2 is 1.65 bits per heavy atom. The van der Waals surface area contributed by atoms with Crippen LogP contribution in [-0.4, -0.2) is 11.1 Å². The number of carbonyl (C=O) groups is 1. The third kappa shape index (κ3) is 2.13. The smallest absolute Gasteiger partial charge is 0.324 e. The first kappa shape index (κ1) is 15.8. The number of fused-ring (bicyclic) bond motifs is 2. The Bertz CT molecular complexity index is 718. The molecule has 1 aromatic rings. The fraction of sp³-hybridized carbons (Fsp3) is 0.438. The van der Waals surface area contributed by atoms with E-state index in [0.717, 1.165) is 12.1 Å². The molecular weight excluding hydrogens is 316 g/mol. The van der Waals surface area contributed by atoms with Crippen LogP contribution in [0.5, 0.6) is 11.5 Å². The van der Waals surface area contributed by atoms with Crippen molar-refractivity contribution in [1.29, 1.82) is 0 Å². The van der Waals surface area contributed by atoms with Crippen LogP contribution >= 0.6 is 0 Å². The van der Waals surface area contributed by atoms with Crippen LogP contribution in [0.2, 0.25) is 0 Å². The van der Waals surface area contributed by atoms with Crippen molar-refractivity contribution in [2.24, 2.45) is 10.8 Å². The molecule has 1 fully saturated rings. The molecular formula is C16H14F4O3. The van der Waals surface area contributed by atoms with E-state index in [9.17, 15) is 22.4 Å². The standard InChI is InChI=1S/C16H14F4O3/c1-15-4-6-16(7-5-15,13(20)12(15)19)14(22)23-9-3-2-8(21)10(17)11(9)18/h2-3,21H,4-7H2,1H3. The lowest BCUT2D eigenvalue weighted by Crippen LogP contribution is -2.47. The first-order valence-electron chi connectivity index (χ1n) is 7.17. The van der Waals surface area contributed by atoms with E-state index in [-0.39, 0.29) is 25.7 Å². The van der Waals surface area contributed by atoms with Crippen LogP contribution in [0.1, 0.15) is 32.6 Å². The molecule has 0 amide bonds. The van der Waals surface area contributed by atoms with Gasteiger partial charge in [-0.1, -0.05) is 6.92 Å². The molecule has 4 rings (SSSR count). The summed E-state index contributed by atoms with van der Waals surface area (Å²) < 4.78 is 60.2. The van der Waals surface area contributed by atoms with Gasteiger partial charge in [0.25, 0.3) is 0 Å². The van der Waals surface area contributed by atoms with Crippen molar-refractivity contribution in [1.82, 2.24) is 0 Å². The predicted octanol–water partition coefficient (Wildman–Crippen LogP) is 4.31. The maximum absolute atomic E-state index is 14.4. The molecule has 3 aliphatic carbocycles. The van der Waals surface area contributed by atoms with Gasteiger partial charge >= 0.3 is 5.97 Å². The van der Waals surface area contributed by atoms with Gasteiger partial charge in [0.05, 0.1) is 0 Å². The van der Waals surface area contributed by atoms with Crippen LogP contribution in [0.3, 0.4) is 0 Å². The fourth-order valence-corrected chi connectivity index (χ4v) is 3.23. The second kappa shape index (κ2) is 4.97. The number of hydrogen-bond donors (Lipinski definition) is 1. The van der Waals surface area contributed by atoms with Crippen LogP contribution in [0, 0.1) is 22.5 Å². The molecule has 0 atom stereocenters. The van der Waals surface area contributed by atoms with Crippen LogP contribution in [0.15, 0.2) is 23.8 Å². The van der Waals surface area contributed by atoms with Crippen LogP contribution in [0.4, 0.5) is 17.6 Å². The summed E-state index contributed by atoms with van der Waals surface area (Å²) in [7, 11) is 0. The van der Waals surface area contributed by atoms with Gasteiger partial charge in [-0.15, -0.1) is 0 Å². The number of carbonyl (C=O) groups excluding carboxylic acids is 1. The van der Waals surface area contributed by atoms with Gasteiger partial charge in [-0.3, -0.25) is 4.79 Å². The molecule has 124 valence electrons. The van der Waals surface area contributed by atoms with Gasteiger partial charge in [0.15, 0.2) is 11.5 Å². The first-order chi connectivity index (χ1) is 10.7. The van der Waals surface area contributed by atoms with E-state index in [1.54, 1.807) is 6.92 Å². The Morgan fingerprint density at radius 1 is 1.04 bits per heavy atom. The summed E-state index contributed by atoms with van der Waals surface area (Å²) >= 11 is 0. The van der Waals surface area contributed by atoms with E-state index in [1.807, 2.05) is 0 Å². The highest BCUT2D eigenvalue weighted by Gasteiger charge is 2.58. The van der Waals surface area contributed by atoms with Gasteiger partial charge in [-0.2, -0.15) is 8.78 Å². The number of benzene rings is 1. The molecule has 1 N–H and O–H groups in total. The Kier molecular flexibility index (Phi) is 3.42. The minimum Gasteiger partial charge on any atom is -0.505 e. The lowest BCUT2D eigenvalue weighted by Gasteiger charge is -2.47. The predicted molar refractivity (Wildman–Crippen MR) is 71.9 cm³/mol. The van der Waals surface area contributed by atoms with Crippen LogP contribution in [-0.2, 0) is 4.79 Å². The Morgan fingerprint density at radius 3 is 2.26 bits per heavy atom. The zero-order chi connectivity index (χ0) is 17.0. The summed E-state index contributed by atoms with van der Waals surface area (Å²) in [5.41, 5.74) is -2.70. The van der Waals surface area contributed by atoms with Gasteiger partial charge in [-0.05, 0) is 37.8 Å². The number of phenolic OH excluding ortho intramolecular Hbond substituents is 1. The van der Waals surface area contributed by atoms with Crippen LogP contribution < -0.4 is 4.74 Å². The van der Waals surface area contributed by atoms with Crippen molar-refractivity contribution in [3.05, 3.63) is 35.4 Å².